The topological polar surface area (TPSA) is 119 Å². The van der Waals surface area contributed by atoms with Crippen molar-refractivity contribution in [2.24, 2.45) is 0 Å². The highest BCUT2D eigenvalue weighted by molar-refractivity contribution is 8.00. The van der Waals surface area contributed by atoms with Gasteiger partial charge in [0.25, 0.3) is 11.8 Å². The number of nitrogens with one attached hydrogen (secondary N) is 3. The number of rotatable bonds is 9. The van der Waals surface area contributed by atoms with E-state index in [2.05, 4.69) is 16.0 Å². The van der Waals surface area contributed by atoms with Gasteiger partial charge in [0.15, 0.2) is 11.5 Å². The molecule has 2 heterocycles. The molecule has 0 atom stereocenters. The summed E-state index contributed by atoms with van der Waals surface area (Å²) < 4.78 is 15.9. The third kappa shape index (κ3) is 6.88. The van der Waals surface area contributed by atoms with E-state index in [4.69, 9.17) is 13.9 Å². The summed E-state index contributed by atoms with van der Waals surface area (Å²) in [5.41, 5.74) is 1.59. The minimum atomic E-state index is -0.515. The van der Waals surface area contributed by atoms with Gasteiger partial charge in [-0.3, -0.25) is 14.4 Å². The first kappa shape index (κ1) is 25.7. The van der Waals surface area contributed by atoms with Gasteiger partial charge in [0, 0.05) is 34.0 Å². The number of furan rings is 1. The molecule has 3 N–H and O–H groups in total. The van der Waals surface area contributed by atoms with Crippen LogP contribution in [0.3, 0.4) is 0 Å². The lowest BCUT2D eigenvalue weighted by Gasteiger charge is -2.11. The van der Waals surface area contributed by atoms with Gasteiger partial charge in [-0.15, -0.1) is 11.8 Å². The van der Waals surface area contributed by atoms with Crippen molar-refractivity contribution in [1.82, 2.24) is 5.32 Å². The minimum absolute atomic E-state index is 0.0254. The Morgan fingerprint density at radius 2 is 1.59 bits per heavy atom. The van der Waals surface area contributed by atoms with Gasteiger partial charge in [0.05, 0.1) is 12.0 Å². The van der Waals surface area contributed by atoms with Gasteiger partial charge in [0.2, 0.25) is 12.7 Å². The molecule has 1 aromatic heterocycles. The van der Waals surface area contributed by atoms with E-state index in [1.165, 1.54) is 24.1 Å². The molecule has 1 aliphatic rings. The van der Waals surface area contributed by atoms with E-state index >= 15 is 0 Å². The first-order valence-corrected chi connectivity index (χ1v) is 12.9. The maximum Gasteiger partial charge on any atom is 0.272 e. The maximum absolute atomic E-state index is 13.0. The summed E-state index contributed by atoms with van der Waals surface area (Å²) in [6, 6.07) is 24.2. The molecule has 0 unspecified atom stereocenters. The predicted octanol–water partition coefficient (Wildman–Crippen LogP) is 5.15. The van der Waals surface area contributed by atoms with E-state index in [1.807, 2.05) is 0 Å². The average molecular weight is 542 g/mol. The SMILES string of the molecule is O=C(CSc1ccc(NC(=O)/C(=C/c2ccco2)NC(=O)c2ccccc2)cc1)Nc1ccc2c(c1)OCO2. The highest BCUT2D eigenvalue weighted by Crippen LogP contribution is 2.34. The van der Waals surface area contributed by atoms with Crippen LogP contribution in [0.1, 0.15) is 16.1 Å². The van der Waals surface area contributed by atoms with E-state index in [-0.39, 0.29) is 24.2 Å². The Kier molecular flexibility index (Phi) is 7.94. The van der Waals surface area contributed by atoms with Gasteiger partial charge >= 0.3 is 0 Å². The van der Waals surface area contributed by atoms with Crippen molar-refractivity contribution in [1.29, 1.82) is 0 Å². The number of thioether (sulfide) groups is 1. The zero-order chi connectivity index (χ0) is 27.0. The van der Waals surface area contributed by atoms with Crippen LogP contribution in [0.25, 0.3) is 6.08 Å². The third-order valence-electron chi connectivity index (χ3n) is 5.50. The number of carbonyl (C=O) groups is 3. The Bertz CT molecular complexity index is 1500. The second kappa shape index (κ2) is 12.1. The van der Waals surface area contributed by atoms with Crippen molar-refractivity contribution in [2.75, 3.05) is 23.2 Å². The molecular weight excluding hydrogens is 518 g/mol. The summed E-state index contributed by atoms with van der Waals surface area (Å²) in [4.78, 5) is 38.9. The molecule has 3 aromatic carbocycles. The van der Waals surface area contributed by atoms with Crippen molar-refractivity contribution >= 4 is 46.9 Å². The number of anilines is 2. The quantitative estimate of drug-likeness (QED) is 0.198. The number of carbonyl (C=O) groups excluding carboxylic acids is 3. The van der Waals surface area contributed by atoms with Crippen LogP contribution < -0.4 is 25.4 Å². The van der Waals surface area contributed by atoms with Crippen molar-refractivity contribution < 1.29 is 28.3 Å². The summed E-state index contributed by atoms with van der Waals surface area (Å²) in [5, 5.41) is 8.27. The Hall–Kier alpha value is -4.96. The molecule has 3 amide bonds. The van der Waals surface area contributed by atoms with Gasteiger partial charge in [0.1, 0.15) is 11.5 Å². The molecule has 1 aliphatic heterocycles. The van der Waals surface area contributed by atoms with E-state index in [0.29, 0.717) is 34.2 Å². The lowest BCUT2D eigenvalue weighted by Crippen LogP contribution is -2.30. The standard InChI is InChI=1S/C29H23N3O6S/c33-27(30-21-10-13-25-26(15-21)38-18-37-25)17-39-23-11-8-20(9-12-23)31-29(35)24(16-22-7-4-14-36-22)32-28(34)19-5-2-1-3-6-19/h1-16H,17-18H2,(H,30,33)(H,31,35)(H,32,34)/b24-16-. The minimum Gasteiger partial charge on any atom is -0.465 e. The van der Waals surface area contributed by atoms with Gasteiger partial charge in [-0.25, -0.2) is 0 Å². The summed E-state index contributed by atoms with van der Waals surface area (Å²) in [6.45, 7) is 0.170. The molecule has 4 aromatic rings. The number of fused-ring (bicyclic) bond motifs is 1. The van der Waals surface area contributed by atoms with E-state index in [0.717, 1.165) is 4.90 Å². The maximum atomic E-state index is 13.0. The molecule has 0 saturated heterocycles. The number of amides is 3. The lowest BCUT2D eigenvalue weighted by molar-refractivity contribution is -0.114. The molecule has 5 rings (SSSR count). The van der Waals surface area contributed by atoms with Gasteiger partial charge in [-0.2, -0.15) is 0 Å². The van der Waals surface area contributed by atoms with Crippen molar-refractivity contribution in [3.8, 4) is 11.5 Å². The molecule has 9 nitrogen and oxygen atoms in total. The van der Waals surface area contributed by atoms with Crippen LogP contribution in [0.4, 0.5) is 11.4 Å². The normalized spacial score (nSPS) is 12.1. The fraction of sp³-hybridized carbons (Fsp3) is 0.0690. The fourth-order valence-corrected chi connectivity index (χ4v) is 4.31. The molecule has 196 valence electrons. The van der Waals surface area contributed by atoms with Crippen LogP contribution in [-0.4, -0.2) is 30.3 Å². The lowest BCUT2D eigenvalue weighted by atomic mass is 10.2. The monoisotopic (exact) mass is 541 g/mol. The second-order valence-corrected chi connectivity index (χ2v) is 9.33. The molecule has 0 fully saturated rings. The largest absolute Gasteiger partial charge is 0.465 e. The molecule has 39 heavy (non-hydrogen) atoms. The highest BCUT2D eigenvalue weighted by atomic mass is 32.2. The molecule has 0 spiro atoms. The summed E-state index contributed by atoms with van der Waals surface area (Å²) in [5.74, 6) is 0.754. The van der Waals surface area contributed by atoms with E-state index in [9.17, 15) is 14.4 Å². The third-order valence-corrected chi connectivity index (χ3v) is 6.51. The molecule has 0 saturated carbocycles. The predicted molar refractivity (Wildman–Crippen MR) is 148 cm³/mol. The van der Waals surface area contributed by atoms with Crippen LogP contribution in [0.5, 0.6) is 11.5 Å². The van der Waals surface area contributed by atoms with Crippen LogP contribution in [0.15, 0.2) is 106 Å². The molecular formula is C29H23N3O6S. The molecule has 10 heteroatoms. The summed E-state index contributed by atoms with van der Waals surface area (Å²) in [7, 11) is 0. The summed E-state index contributed by atoms with van der Waals surface area (Å²) >= 11 is 1.35. The highest BCUT2D eigenvalue weighted by Gasteiger charge is 2.16. The van der Waals surface area contributed by atoms with Crippen molar-refractivity contribution in [2.45, 2.75) is 4.90 Å². The van der Waals surface area contributed by atoms with Crippen molar-refractivity contribution in [3.63, 3.8) is 0 Å². The van der Waals surface area contributed by atoms with Gasteiger partial charge in [-0.1, -0.05) is 18.2 Å². The van der Waals surface area contributed by atoms with Crippen LogP contribution in [-0.2, 0) is 9.59 Å². The molecule has 0 bridgehead atoms. The number of hydrogen-bond acceptors (Lipinski definition) is 7. The van der Waals surface area contributed by atoms with Crippen molar-refractivity contribution in [3.05, 3.63) is 108 Å². The summed E-state index contributed by atoms with van der Waals surface area (Å²) in [6.07, 6.45) is 2.94. The van der Waals surface area contributed by atoms with Crippen LogP contribution in [0, 0.1) is 0 Å². The number of ether oxygens (including phenoxy) is 2. The first-order chi connectivity index (χ1) is 19.0. The number of hydrogen-bond donors (Lipinski definition) is 3. The zero-order valence-electron chi connectivity index (χ0n) is 20.5. The fourth-order valence-electron chi connectivity index (χ4n) is 3.61. The molecule has 0 aliphatic carbocycles. The Morgan fingerprint density at radius 3 is 2.36 bits per heavy atom. The average Bonchev–Trinajstić information content (AvgIpc) is 3.65. The molecule has 0 radical (unpaired) electrons. The van der Waals surface area contributed by atoms with E-state index < -0.39 is 11.8 Å². The number of benzene rings is 3. The van der Waals surface area contributed by atoms with Gasteiger partial charge in [-0.05, 0) is 60.7 Å². The van der Waals surface area contributed by atoms with Crippen LogP contribution in [0.2, 0.25) is 0 Å². The Balaban J connectivity index is 1.17. The Labute approximate surface area is 228 Å². The first-order valence-electron chi connectivity index (χ1n) is 11.9. The van der Waals surface area contributed by atoms with E-state index in [1.54, 1.807) is 84.9 Å². The zero-order valence-corrected chi connectivity index (χ0v) is 21.3. The van der Waals surface area contributed by atoms with Crippen LogP contribution >= 0.6 is 11.8 Å². The smallest absolute Gasteiger partial charge is 0.272 e. The van der Waals surface area contributed by atoms with Gasteiger partial charge < -0.3 is 29.8 Å². The second-order valence-electron chi connectivity index (χ2n) is 8.28. The Morgan fingerprint density at radius 1 is 0.821 bits per heavy atom.